The summed E-state index contributed by atoms with van der Waals surface area (Å²) >= 11 is 3.35. The number of nitrogens with two attached hydrogens (primary N) is 1. The summed E-state index contributed by atoms with van der Waals surface area (Å²) in [6.45, 7) is 2.11. The van der Waals surface area contributed by atoms with Gasteiger partial charge in [0.15, 0.2) is 0 Å². The smallest absolute Gasteiger partial charge is 0.253 e. The van der Waals surface area contributed by atoms with Crippen LogP contribution in [0.15, 0.2) is 22.7 Å². The summed E-state index contributed by atoms with van der Waals surface area (Å²) in [7, 11) is 1.87. The van der Waals surface area contributed by atoms with E-state index < -0.39 is 0 Å². The molecule has 1 atom stereocenters. The summed E-state index contributed by atoms with van der Waals surface area (Å²) < 4.78 is 0.774. The van der Waals surface area contributed by atoms with E-state index in [2.05, 4.69) is 22.9 Å². The van der Waals surface area contributed by atoms with E-state index in [1.54, 1.807) is 18.2 Å². The molecule has 0 heterocycles. The highest BCUT2D eigenvalue weighted by Crippen LogP contribution is 2.35. The van der Waals surface area contributed by atoms with Crippen LogP contribution in [-0.4, -0.2) is 23.9 Å². The summed E-state index contributed by atoms with van der Waals surface area (Å²) in [6, 6.07) is 5.64. The van der Waals surface area contributed by atoms with Crippen LogP contribution >= 0.6 is 15.9 Å². The van der Waals surface area contributed by atoms with Crippen molar-refractivity contribution in [3.05, 3.63) is 28.2 Å². The molecule has 3 nitrogen and oxygen atoms in total. The highest BCUT2D eigenvalue weighted by atomic mass is 79.9. The Morgan fingerprint density at radius 2 is 2.18 bits per heavy atom. The molecule has 4 heteroatoms. The molecular formula is C13H17BrN2O. The minimum absolute atomic E-state index is 0.0603. The molecule has 1 saturated carbocycles. The van der Waals surface area contributed by atoms with Gasteiger partial charge < -0.3 is 10.6 Å². The average Bonchev–Trinajstić information content (AvgIpc) is 3.14. The van der Waals surface area contributed by atoms with Crippen LogP contribution in [0.4, 0.5) is 5.69 Å². The molecule has 1 aliphatic rings. The van der Waals surface area contributed by atoms with E-state index in [-0.39, 0.29) is 5.91 Å². The van der Waals surface area contributed by atoms with Gasteiger partial charge in [-0.3, -0.25) is 4.79 Å². The van der Waals surface area contributed by atoms with Crippen LogP contribution in [0.5, 0.6) is 0 Å². The Balaban J connectivity index is 2.15. The average molecular weight is 297 g/mol. The fraction of sp³-hybridized carbons (Fsp3) is 0.462. The van der Waals surface area contributed by atoms with Crippen LogP contribution < -0.4 is 5.73 Å². The number of hydrogen-bond donors (Lipinski definition) is 1. The summed E-state index contributed by atoms with van der Waals surface area (Å²) in [4.78, 5) is 14.1. The van der Waals surface area contributed by atoms with Crippen molar-refractivity contribution >= 4 is 27.5 Å². The number of benzene rings is 1. The highest BCUT2D eigenvalue weighted by Gasteiger charge is 2.32. The monoisotopic (exact) mass is 296 g/mol. The number of rotatable bonds is 3. The second-order valence-electron chi connectivity index (χ2n) is 4.73. The molecule has 2 rings (SSSR count). The van der Waals surface area contributed by atoms with Gasteiger partial charge in [-0.1, -0.05) is 0 Å². The lowest BCUT2D eigenvalue weighted by molar-refractivity contribution is 0.0727. The number of hydrogen-bond acceptors (Lipinski definition) is 2. The van der Waals surface area contributed by atoms with Crippen molar-refractivity contribution in [3.8, 4) is 0 Å². The molecule has 0 radical (unpaired) electrons. The summed E-state index contributed by atoms with van der Waals surface area (Å²) in [5, 5.41) is 0. The number of nitrogens with zero attached hydrogens (tertiary/aromatic N) is 1. The second-order valence-corrected chi connectivity index (χ2v) is 5.58. The van der Waals surface area contributed by atoms with Crippen LogP contribution in [0.3, 0.4) is 0 Å². The largest absolute Gasteiger partial charge is 0.398 e. The van der Waals surface area contributed by atoms with Gasteiger partial charge in [0.05, 0.1) is 0 Å². The quantitative estimate of drug-likeness (QED) is 0.872. The van der Waals surface area contributed by atoms with Gasteiger partial charge in [0, 0.05) is 28.8 Å². The molecule has 0 aliphatic heterocycles. The van der Waals surface area contributed by atoms with Gasteiger partial charge in [0.1, 0.15) is 0 Å². The Labute approximate surface area is 110 Å². The molecule has 0 spiro atoms. The first kappa shape index (κ1) is 12.4. The molecule has 1 aliphatic carbocycles. The highest BCUT2D eigenvalue weighted by molar-refractivity contribution is 9.10. The van der Waals surface area contributed by atoms with Gasteiger partial charge in [-0.15, -0.1) is 0 Å². The van der Waals surface area contributed by atoms with Gasteiger partial charge >= 0.3 is 0 Å². The van der Waals surface area contributed by atoms with Crippen molar-refractivity contribution in [1.82, 2.24) is 4.90 Å². The number of carbonyl (C=O) groups is 1. The van der Waals surface area contributed by atoms with E-state index in [9.17, 15) is 4.79 Å². The maximum absolute atomic E-state index is 12.2. The molecule has 2 N–H and O–H groups in total. The number of carbonyl (C=O) groups excluding carboxylic acids is 1. The SMILES string of the molecule is CC(C1CC1)N(C)C(=O)c1ccc(N)c(Br)c1. The fourth-order valence-electron chi connectivity index (χ4n) is 1.94. The van der Waals surface area contributed by atoms with Crippen LogP contribution in [0.25, 0.3) is 0 Å². The number of nitrogen functional groups attached to an aromatic ring is 1. The van der Waals surface area contributed by atoms with E-state index in [4.69, 9.17) is 5.73 Å². The Kier molecular flexibility index (Phi) is 3.43. The van der Waals surface area contributed by atoms with Crippen molar-refractivity contribution < 1.29 is 4.79 Å². The third-order valence-electron chi connectivity index (χ3n) is 3.48. The van der Waals surface area contributed by atoms with Crippen molar-refractivity contribution in [2.75, 3.05) is 12.8 Å². The lowest BCUT2D eigenvalue weighted by Crippen LogP contribution is -2.36. The third kappa shape index (κ3) is 2.63. The summed E-state index contributed by atoms with van der Waals surface area (Å²) in [5.74, 6) is 0.742. The van der Waals surface area contributed by atoms with Crippen molar-refractivity contribution in [1.29, 1.82) is 0 Å². The molecule has 1 amide bonds. The van der Waals surface area contributed by atoms with E-state index in [0.717, 1.165) is 4.47 Å². The molecule has 1 unspecified atom stereocenters. The first-order valence-corrected chi connectivity index (χ1v) is 6.62. The number of halogens is 1. The van der Waals surface area contributed by atoms with Crippen molar-refractivity contribution in [3.63, 3.8) is 0 Å². The maximum Gasteiger partial charge on any atom is 0.253 e. The zero-order valence-electron chi connectivity index (χ0n) is 10.1. The fourth-order valence-corrected chi connectivity index (χ4v) is 2.32. The summed E-state index contributed by atoms with van der Waals surface area (Å²) in [6.07, 6.45) is 2.48. The molecule has 92 valence electrons. The second kappa shape index (κ2) is 4.69. The van der Waals surface area contributed by atoms with Gasteiger partial charge in [-0.05, 0) is 59.8 Å². The zero-order valence-corrected chi connectivity index (χ0v) is 11.7. The molecule has 0 saturated heterocycles. The number of anilines is 1. The normalized spacial score (nSPS) is 16.6. The first-order chi connectivity index (χ1) is 8.00. The molecule has 1 fully saturated rings. The molecule has 1 aromatic carbocycles. The Morgan fingerprint density at radius 1 is 1.53 bits per heavy atom. The maximum atomic E-state index is 12.2. The zero-order chi connectivity index (χ0) is 12.6. The van der Waals surface area contributed by atoms with Gasteiger partial charge in [0.25, 0.3) is 5.91 Å². The Bertz CT molecular complexity index is 443. The van der Waals surface area contributed by atoms with Crippen LogP contribution in [-0.2, 0) is 0 Å². The van der Waals surface area contributed by atoms with E-state index in [0.29, 0.717) is 23.2 Å². The van der Waals surface area contributed by atoms with E-state index in [1.165, 1.54) is 12.8 Å². The Morgan fingerprint density at radius 3 is 2.71 bits per heavy atom. The molecular weight excluding hydrogens is 280 g/mol. The third-order valence-corrected chi connectivity index (χ3v) is 4.17. The van der Waals surface area contributed by atoms with Crippen LogP contribution in [0.1, 0.15) is 30.1 Å². The van der Waals surface area contributed by atoms with Gasteiger partial charge in [-0.25, -0.2) is 0 Å². The lowest BCUT2D eigenvalue weighted by atomic mass is 10.1. The molecule has 0 aromatic heterocycles. The number of amides is 1. The van der Waals surface area contributed by atoms with Gasteiger partial charge in [0.2, 0.25) is 0 Å². The summed E-state index contributed by atoms with van der Waals surface area (Å²) in [5.41, 5.74) is 7.05. The molecule has 0 bridgehead atoms. The van der Waals surface area contributed by atoms with Crippen LogP contribution in [0.2, 0.25) is 0 Å². The molecule has 17 heavy (non-hydrogen) atoms. The minimum atomic E-state index is 0.0603. The standard InChI is InChI=1S/C13H17BrN2O/c1-8(9-3-4-9)16(2)13(17)10-5-6-12(15)11(14)7-10/h5-9H,3-4,15H2,1-2H3. The Hall–Kier alpha value is -1.03. The molecule has 1 aromatic rings. The van der Waals surface area contributed by atoms with Crippen molar-refractivity contribution in [2.45, 2.75) is 25.8 Å². The lowest BCUT2D eigenvalue weighted by Gasteiger charge is -2.25. The van der Waals surface area contributed by atoms with Gasteiger partial charge in [-0.2, -0.15) is 0 Å². The predicted octanol–water partition coefficient (Wildman–Crippen LogP) is 2.90. The predicted molar refractivity (Wildman–Crippen MR) is 72.8 cm³/mol. The van der Waals surface area contributed by atoms with Crippen LogP contribution in [0, 0.1) is 5.92 Å². The van der Waals surface area contributed by atoms with E-state index in [1.807, 2.05) is 11.9 Å². The first-order valence-electron chi connectivity index (χ1n) is 5.83. The van der Waals surface area contributed by atoms with E-state index >= 15 is 0 Å². The van der Waals surface area contributed by atoms with Crippen molar-refractivity contribution in [2.24, 2.45) is 5.92 Å². The topological polar surface area (TPSA) is 46.3 Å². The minimum Gasteiger partial charge on any atom is -0.398 e.